The first kappa shape index (κ1) is 19.5. The van der Waals surface area contributed by atoms with Crippen LogP contribution in [0.4, 0.5) is 20.2 Å². The molecule has 10 heteroatoms. The number of nitro benzene ring substituents is 2. The van der Waals surface area contributed by atoms with Crippen LogP contribution < -0.4 is 0 Å². The number of benzene rings is 2. The van der Waals surface area contributed by atoms with Gasteiger partial charge in [-0.25, -0.2) is 8.78 Å². The molecule has 0 saturated carbocycles. The summed E-state index contributed by atoms with van der Waals surface area (Å²) in [4.78, 5) is 31.2. The Balaban J connectivity index is 0.000000161. The van der Waals surface area contributed by atoms with E-state index in [1.807, 2.05) is 0 Å². The molecule has 2 aromatic rings. The van der Waals surface area contributed by atoms with Gasteiger partial charge in [-0.1, -0.05) is 0 Å². The molecule has 146 valence electrons. The van der Waals surface area contributed by atoms with Gasteiger partial charge in [0.15, 0.2) is 5.78 Å². The predicted molar refractivity (Wildman–Crippen MR) is 92.0 cm³/mol. The first-order valence-corrected chi connectivity index (χ1v) is 8.35. The molecule has 2 aromatic carbocycles. The lowest BCUT2D eigenvalue weighted by atomic mass is 10.1. The third-order valence-corrected chi connectivity index (χ3v) is 4.79. The van der Waals surface area contributed by atoms with Crippen molar-refractivity contribution in [1.29, 1.82) is 0 Å². The van der Waals surface area contributed by atoms with Crippen LogP contribution in [0.1, 0.15) is 46.0 Å². The number of aliphatic hydroxyl groups is 1. The number of rotatable bonds is 2. The Labute approximate surface area is 156 Å². The summed E-state index contributed by atoms with van der Waals surface area (Å²) in [6.45, 7) is 0. The van der Waals surface area contributed by atoms with Gasteiger partial charge in [0.25, 0.3) is 11.4 Å². The number of hydrogen-bond acceptors (Lipinski definition) is 6. The zero-order valence-electron chi connectivity index (χ0n) is 14.4. The van der Waals surface area contributed by atoms with E-state index in [1.54, 1.807) is 0 Å². The Hall–Kier alpha value is -3.27. The van der Waals surface area contributed by atoms with Crippen LogP contribution >= 0.6 is 0 Å². The summed E-state index contributed by atoms with van der Waals surface area (Å²) in [5.41, 5.74) is 0.311. The van der Waals surface area contributed by atoms with Gasteiger partial charge in [-0.2, -0.15) is 0 Å². The van der Waals surface area contributed by atoms with E-state index in [0.717, 1.165) is 24.3 Å². The second kappa shape index (κ2) is 7.39. The summed E-state index contributed by atoms with van der Waals surface area (Å²) < 4.78 is 26.3. The Kier molecular flexibility index (Phi) is 5.14. The Bertz CT molecular complexity index is 1010. The Morgan fingerprint density at radius 2 is 1.46 bits per heavy atom. The van der Waals surface area contributed by atoms with Crippen molar-refractivity contribution in [3.63, 3.8) is 0 Å². The minimum absolute atomic E-state index is 0.0965. The molecule has 1 unspecified atom stereocenters. The fourth-order valence-electron chi connectivity index (χ4n) is 3.54. The lowest BCUT2D eigenvalue weighted by Crippen LogP contribution is -1.99. The quantitative estimate of drug-likeness (QED) is 0.615. The van der Waals surface area contributed by atoms with Crippen LogP contribution in [0.5, 0.6) is 0 Å². The van der Waals surface area contributed by atoms with Gasteiger partial charge in [0.2, 0.25) is 0 Å². The van der Waals surface area contributed by atoms with Gasteiger partial charge < -0.3 is 5.11 Å². The molecular formula is C18H14F2N2O6. The molecule has 28 heavy (non-hydrogen) atoms. The largest absolute Gasteiger partial charge is 0.388 e. The number of halogens is 2. The summed E-state index contributed by atoms with van der Waals surface area (Å²) in [5.74, 6) is -1.56. The first-order chi connectivity index (χ1) is 13.2. The number of aliphatic hydroxyl groups excluding tert-OH is 1. The van der Waals surface area contributed by atoms with Crippen molar-refractivity contribution in [2.24, 2.45) is 0 Å². The van der Waals surface area contributed by atoms with E-state index >= 15 is 0 Å². The highest BCUT2D eigenvalue weighted by Crippen LogP contribution is 2.38. The number of hydrogen-bond donors (Lipinski definition) is 1. The van der Waals surface area contributed by atoms with E-state index in [9.17, 15) is 38.9 Å². The van der Waals surface area contributed by atoms with E-state index in [-0.39, 0.29) is 46.7 Å². The summed E-state index contributed by atoms with van der Waals surface area (Å²) in [6, 6.07) is 4.25. The molecule has 1 N–H and O–H groups in total. The molecule has 8 nitrogen and oxygen atoms in total. The second-order valence-electron chi connectivity index (χ2n) is 6.37. The zero-order valence-corrected chi connectivity index (χ0v) is 14.4. The molecule has 0 saturated heterocycles. The summed E-state index contributed by atoms with van der Waals surface area (Å²) >= 11 is 0. The van der Waals surface area contributed by atoms with Crippen LogP contribution in [0, 0.1) is 31.9 Å². The summed E-state index contributed by atoms with van der Waals surface area (Å²) in [6.07, 6.45) is 0.256. The maximum Gasteiger partial charge on any atom is 0.273 e. The van der Waals surface area contributed by atoms with Crippen molar-refractivity contribution in [3.8, 4) is 0 Å². The lowest BCUT2D eigenvalue weighted by Gasteiger charge is -2.04. The Morgan fingerprint density at radius 3 is 2.07 bits per heavy atom. The molecule has 0 heterocycles. The standard InChI is InChI=1S/C9H8FNO3.C9H6FNO3/c2*10-6-2-3-7(11(13)14)5-1-4-8(12)9(5)6/h2-3,8,12H,1,4H2;2-3H,1,4H2. The highest BCUT2D eigenvalue weighted by molar-refractivity contribution is 6.01. The minimum Gasteiger partial charge on any atom is -0.388 e. The van der Waals surface area contributed by atoms with Crippen LogP contribution in [-0.4, -0.2) is 20.7 Å². The highest BCUT2D eigenvalue weighted by Gasteiger charge is 2.31. The normalized spacial score (nSPS) is 16.8. The average molecular weight is 392 g/mol. The van der Waals surface area contributed by atoms with E-state index in [2.05, 4.69) is 0 Å². The number of carbonyl (C=O) groups excluding carboxylic acids is 1. The van der Waals surface area contributed by atoms with E-state index in [0.29, 0.717) is 18.4 Å². The van der Waals surface area contributed by atoms with Crippen LogP contribution in [0.3, 0.4) is 0 Å². The topological polar surface area (TPSA) is 124 Å². The molecule has 0 radical (unpaired) electrons. The molecule has 0 fully saturated rings. The van der Waals surface area contributed by atoms with E-state index < -0.39 is 27.6 Å². The molecular weight excluding hydrogens is 378 g/mol. The molecule has 0 amide bonds. The van der Waals surface area contributed by atoms with Crippen molar-refractivity contribution in [1.82, 2.24) is 0 Å². The van der Waals surface area contributed by atoms with Gasteiger partial charge in [0, 0.05) is 35.2 Å². The smallest absolute Gasteiger partial charge is 0.273 e. The highest BCUT2D eigenvalue weighted by atomic mass is 19.1. The maximum atomic E-state index is 13.2. The third kappa shape index (κ3) is 3.33. The molecule has 4 rings (SSSR count). The lowest BCUT2D eigenvalue weighted by molar-refractivity contribution is -0.385. The monoisotopic (exact) mass is 392 g/mol. The van der Waals surface area contributed by atoms with Crippen molar-refractivity contribution in [2.45, 2.75) is 31.8 Å². The number of fused-ring (bicyclic) bond motifs is 2. The SMILES string of the molecule is O=C1CCc2c([N+](=O)[O-])ccc(F)c21.O=[N+]([O-])c1ccc(F)c2c1CCC2O. The number of nitro groups is 2. The molecule has 0 aromatic heterocycles. The predicted octanol–water partition coefficient (Wildman–Crippen LogP) is 3.58. The molecule has 2 aliphatic rings. The fraction of sp³-hybridized carbons (Fsp3) is 0.278. The third-order valence-electron chi connectivity index (χ3n) is 4.79. The van der Waals surface area contributed by atoms with Crippen molar-refractivity contribution < 1.29 is 28.5 Å². The van der Waals surface area contributed by atoms with Crippen molar-refractivity contribution in [2.75, 3.05) is 0 Å². The zero-order chi connectivity index (χ0) is 20.6. The molecule has 0 spiro atoms. The van der Waals surface area contributed by atoms with Gasteiger partial charge in [-0.15, -0.1) is 0 Å². The van der Waals surface area contributed by atoms with Crippen molar-refractivity contribution >= 4 is 17.2 Å². The van der Waals surface area contributed by atoms with Crippen LogP contribution in [0.15, 0.2) is 24.3 Å². The summed E-state index contributed by atoms with van der Waals surface area (Å²) in [7, 11) is 0. The van der Waals surface area contributed by atoms with Crippen molar-refractivity contribution in [3.05, 3.63) is 78.4 Å². The number of nitrogens with zero attached hydrogens (tertiary/aromatic N) is 2. The Morgan fingerprint density at radius 1 is 0.893 bits per heavy atom. The van der Waals surface area contributed by atoms with Gasteiger partial charge in [0.05, 0.1) is 21.5 Å². The van der Waals surface area contributed by atoms with E-state index in [4.69, 9.17) is 0 Å². The fourth-order valence-corrected chi connectivity index (χ4v) is 3.54. The van der Waals surface area contributed by atoms with Gasteiger partial charge in [-0.05, 0) is 31.4 Å². The maximum absolute atomic E-state index is 13.2. The van der Waals surface area contributed by atoms with Crippen LogP contribution in [-0.2, 0) is 12.8 Å². The van der Waals surface area contributed by atoms with Crippen LogP contribution in [0.25, 0.3) is 0 Å². The number of Topliss-reactive ketones (excluding diaryl/α,β-unsaturated/α-hetero) is 1. The second-order valence-corrected chi connectivity index (χ2v) is 6.37. The summed E-state index contributed by atoms with van der Waals surface area (Å²) in [5, 5.41) is 30.5. The van der Waals surface area contributed by atoms with Crippen LogP contribution in [0.2, 0.25) is 0 Å². The molecule has 1 atom stereocenters. The molecule has 0 bridgehead atoms. The van der Waals surface area contributed by atoms with Gasteiger partial charge >= 0.3 is 0 Å². The average Bonchev–Trinajstić information content (AvgIpc) is 3.20. The molecule has 2 aliphatic carbocycles. The molecule has 0 aliphatic heterocycles. The first-order valence-electron chi connectivity index (χ1n) is 8.35. The minimum atomic E-state index is -0.898. The van der Waals surface area contributed by atoms with Gasteiger partial charge in [-0.3, -0.25) is 25.0 Å². The number of carbonyl (C=O) groups is 1. The number of ketones is 1. The van der Waals surface area contributed by atoms with Gasteiger partial charge in [0.1, 0.15) is 11.6 Å². The van der Waals surface area contributed by atoms with E-state index in [1.165, 1.54) is 0 Å².